The van der Waals surface area contributed by atoms with Crippen molar-refractivity contribution in [2.45, 2.75) is 76.9 Å². The third kappa shape index (κ3) is 2.71. The molecule has 1 aliphatic rings. The summed E-state index contributed by atoms with van der Waals surface area (Å²) in [7, 11) is -2.45. The molecule has 0 aliphatic carbocycles. The molecule has 0 radical (unpaired) electrons. The van der Waals surface area contributed by atoms with Crippen LogP contribution in [0.2, 0.25) is 15.6 Å². The zero-order valence-corrected chi connectivity index (χ0v) is 18.1. The number of hydrogen-bond donors (Lipinski definition) is 0. The maximum Gasteiger partial charge on any atom is 0.299 e. The average molecular weight is 359 g/mol. The van der Waals surface area contributed by atoms with Crippen LogP contribution < -0.4 is 0 Å². The van der Waals surface area contributed by atoms with E-state index in [1.807, 2.05) is 24.3 Å². The fourth-order valence-corrected chi connectivity index (χ4v) is 12.7. The van der Waals surface area contributed by atoms with E-state index in [0.29, 0.717) is 0 Å². The number of rotatable bonds is 3. The monoisotopic (exact) mass is 358 g/mol. The summed E-state index contributed by atoms with van der Waals surface area (Å²) in [5.74, 6) is -0.0967. The first-order valence-corrected chi connectivity index (χ1v) is 11.2. The van der Waals surface area contributed by atoms with Gasteiger partial charge < -0.3 is 4.43 Å². The fraction of sp³-hybridized carbons (Fsp3) is 0.591. The van der Waals surface area contributed by atoms with Gasteiger partial charge in [-0.15, -0.1) is 6.58 Å². The van der Waals surface area contributed by atoms with Crippen LogP contribution in [0.15, 0.2) is 43.0 Å². The molecule has 0 spiro atoms. The first-order chi connectivity index (χ1) is 11.3. The Kier molecular flexibility index (Phi) is 4.89. The minimum absolute atomic E-state index is 0.0412. The van der Waals surface area contributed by atoms with E-state index < -0.39 is 13.7 Å². The van der Waals surface area contributed by atoms with E-state index in [9.17, 15) is 4.79 Å². The van der Waals surface area contributed by atoms with Gasteiger partial charge in [0.05, 0.1) is 5.41 Å². The Labute approximate surface area is 154 Å². The lowest BCUT2D eigenvalue weighted by Gasteiger charge is -2.50. The number of carbonyl (C=O) groups is 1. The lowest BCUT2D eigenvalue weighted by Crippen LogP contribution is -2.55. The molecule has 0 aromatic heterocycles. The van der Waals surface area contributed by atoms with E-state index in [1.165, 1.54) is 0 Å². The van der Waals surface area contributed by atoms with Crippen molar-refractivity contribution in [3.05, 3.63) is 48.6 Å². The number of carbonyl (C=O) groups excluding carboxylic acids is 1. The van der Waals surface area contributed by atoms with Crippen LogP contribution in [0.3, 0.4) is 0 Å². The molecule has 1 saturated heterocycles. The quantitative estimate of drug-likeness (QED) is 0.458. The van der Waals surface area contributed by atoms with Gasteiger partial charge in [-0.2, -0.15) is 0 Å². The van der Waals surface area contributed by atoms with E-state index in [2.05, 4.69) is 74.1 Å². The molecule has 1 aliphatic heterocycles. The van der Waals surface area contributed by atoms with Crippen LogP contribution in [-0.4, -0.2) is 14.3 Å². The van der Waals surface area contributed by atoms with Crippen LogP contribution in [0.25, 0.3) is 0 Å². The second-order valence-corrected chi connectivity index (χ2v) is 15.3. The van der Waals surface area contributed by atoms with Gasteiger partial charge in [-0.25, -0.2) is 0 Å². The highest BCUT2D eigenvalue weighted by atomic mass is 28.4. The highest BCUT2D eigenvalue weighted by molar-refractivity contribution is 6.83. The average Bonchev–Trinajstić information content (AvgIpc) is 2.71. The molecule has 138 valence electrons. The molecule has 0 unspecified atom stereocenters. The Morgan fingerprint density at radius 3 is 1.96 bits per heavy atom. The standard InChI is InChI=1S/C22H34O2Si/c1-10-18(17-14-12-11-13-15-17)22(9)16(2)25(20(3,4)5,21(6,7)8)24-19(22)23/h10-16,18H,1H2,2-9H3/t16-,18+,22+/m1/s1. The molecule has 1 aromatic carbocycles. The van der Waals surface area contributed by atoms with Gasteiger partial charge in [0, 0.05) is 11.5 Å². The maximum atomic E-state index is 13.4. The van der Waals surface area contributed by atoms with E-state index in [1.54, 1.807) is 0 Å². The van der Waals surface area contributed by atoms with Crippen molar-refractivity contribution < 1.29 is 9.22 Å². The molecule has 1 heterocycles. The third-order valence-corrected chi connectivity index (χ3v) is 13.3. The highest BCUT2D eigenvalue weighted by Gasteiger charge is 2.72. The second-order valence-electron chi connectivity index (χ2n) is 9.75. The molecular weight excluding hydrogens is 324 g/mol. The molecule has 25 heavy (non-hydrogen) atoms. The number of benzene rings is 1. The predicted molar refractivity (Wildman–Crippen MR) is 108 cm³/mol. The zero-order valence-electron chi connectivity index (χ0n) is 17.1. The van der Waals surface area contributed by atoms with Gasteiger partial charge in [0.25, 0.3) is 14.3 Å². The van der Waals surface area contributed by atoms with Gasteiger partial charge in [0.15, 0.2) is 0 Å². The van der Waals surface area contributed by atoms with Crippen molar-refractivity contribution in [1.82, 2.24) is 0 Å². The van der Waals surface area contributed by atoms with E-state index in [4.69, 9.17) is 4.43 Å². The van der Waals surface area contributed by atoms with Gasteiger partial charge in [-0.1, -0.05) is 84.9 Å². The summed E-state index contributed by atoms with van der Waals surface area (Å²) in [6, 6.07) is 10.2. The third-order valence-electron chi connectivity index (χ3n) is 6.47. The van der Waals surface area contributed by atoms with Gasteiger partial charge in [0.2, 0.25) is 0 Å². The Balaban J connectivity index is 2.67. The summed E-state index contributed by atoms with van der Waals surface area (Å²) in [4.78, 5) is 13.4. The van der Waals surface area contributed by atoms with Crippen molar-refractivity contribution >= 4 is 14.3 Å². The van der Waals surface area contributed by atoms with Crippen molar-refractivity contribution in [2.24, 2.45) is 5.41 Å². The number of hydrogen-bond acceptors (Lipinski definition) is 2. The summed E-state index contributed by atoms with van der Waals surface area (Å²) >= 11 is 0. The van der Waals surface area contributed by atoms with Crippen LogP contribution >= 0.6 is 0 Å². The molecule has 0 N–H and O–H groups in total. The van der Waals surface area contributed by atoms with E-state index >= 15 is 0 Å². The summed E-state index contributed by atoms with van der Waals surface area (Å²) < 4.78 is 6.46. The van der Waals surface area contributed by atoms with Crippen LogP contribution in [-0.2, 0) is 9.22 Å². The predicted octanol–water partition coefficient (Wildman–Crippen LogP) is 6.46. The van der Waals surface area contributed by atoms with Crippen LogP contribution in [0.5, 0.6) is 0 Å². The second kappa shape index (κ2) is 6.12. The summed E-state index contributed by atoms with van der Waals surface area (Å²) in [6.45, 7) is 21.9. The molecule has 0 bridgehead atoms. The normalized spacial score (nSPS) is 27.7. The smallest absolute Gasteiger partial charge is 0.299 e. The summed E-state index contributed by atoms with van der Waals surface area (Å²) in [5, 5.41) is -0.0824. The van der Waals surface area contributed by atoms with Gasteiger partial charge in [0.1, 0.15) is 0 Å². The first kappa shape index (κ1) is 20.0. The Bertz CT molecular complexity index is 637. The van der Waals surface area contributed by atoms with Crippen molar-refractivity contribution in [3.8, 4) is 0 Å². The van der Waals surface area contributed by atoms with Gasteiger partial charge >= 0.3 is 0 Å². The minimum atomic E-state index is -2.45. The summed E-state index contributed by atoms with van der Waals surface area (Å²) in [6.07, 6.45) is 1.93. The Hall–Kier alpha value is -1.35. The number of allylic oxidation sites excluding steroid dienone is 1. The largest absolute Gasteiger partial charge is 0.517 e. The maximum absolute atomic E-state index is 13.4. The minimum Gasteiger partial charge on any atom is -0.517 e. The highest BCUT2D eigenvalue weighted by Crippen LogP contribution is 2.68. The lowest BCUT2D eigenvalue weighted by molar-refractivity contribution is -0.142. The van der Waals surface area contributed by atoms with Gasteiger partial charge in [-0.3, -0.25) is 4.79 Å². The van der Waals surface area contributed by atoms with Crippen molar-refractivity contribution in [2.75, 3.05) is 0 Å². The molecule has 0 amide bonds. The molecule has 3 heteroatoms. The zero-order chi connectivity index (χ0) is 19.3. The molecule has 2 rings (SSSR count). The SMILES string of the molecule is C=C[C@@H](c1ccccc1)[C@@]1(C)C(=O)O[Si](C(C)(C)C)(C(C)(C)C)[C@@H]1C. The van der Waals surface area contributed by atoms with Crippen molar-refractivity contribution in [1.29, 1.82) is 0 Å². The van der Waals surface area contributed by atoms with Gasteiger partial charge in [-0.05, 0) is 22.6 Å². The molecule has 3 atom stereocenters. The molecule has 0 saturated carbocycles. The van der Waals surface area contributed by atoms with Crippen LogP contribution in [0.4, 0.5) is 0 Å². The lowest BCUT2D eigenvalue weighted by atomic mass is 9.71. The molecule has 2 nitrogen and oxygen atoms in total. The van der Waals surface area contributed by atoms with Crippen LogP contribution in [0.1, 0.15) is 66.9 Å². The van der Waals surface area contributed by atoms with Crippen LogP contribution in [0, 0.1) is 5.41 Å². The Morgan fingerprint density at radius 1 is 1.12 bits per heavy atom. The van der Waals surface area contributed by atoms with E-state index in [-0.39, 0.29) is 27.5 Å². The first-order valence-electron chi connectivity index (χ1n) is 9.25. The summed E-state index contributed by atoms with van der Waals surface area (Å²) in [5.41, 5.74) is 0.725. The molecule has 1 fully saturated rings. The van der Waals surface area contributed by atoms with Crippen molar-refractivity contribution in [3.63, 3.8) is 0 Å². The molecule has 1 aromatic rings. The Morgan fingerprint density at radius 2 is 1.60 bits per heavy atom. The fourth-order valence-electron chi connectivity index (χ4n) is 5.46. The van der Waals surface area contributed by atoms with E-state index in [0.717, 1.165) is 5.56 Å². The molecular formula is C22H34O2Si. The topological polar surface area (TPSA) is 26.3 Å².